The molecule has 9 heteroatoms. The fraction of sp³-hybridized carbons (Fsp3) is 0.316. The van der Waals surface area contributed by atoms with E-state index in [9.17, 15) is 15.0 Å². The van der Waals surface area contributed by atoms with E-state index >= 15 is 0 Å². The molecular formula is C19H22N4O5. The molecule has 0 amide bonds. The molecule has 0 aromatic heterocycles. The molecule has 2 aromatic rings. The standard InChI is InChI=1S/C19H22N4O5/c1-3-15(13-9-5-7-11-17(13)24)20-22-27-19(26)28-23-21-16(4-2)14-10-6-8-12-18(14)25/h5-12,15-16,24-25H,3-4H2,1-2H3. The number of benzene rings is 2. The van der Waals surface area contributed by atoms with Gasteiger partial charge in [-0.3, -0.25) is 9.68 Å². The van der Waals surface area contributed by atoms with Crippen molar-refractivity contribution in [2.45, 2.75) is 38.8 Å². The summed E-state index contributed by atoms with van der Waals surface area (Å²) in [6.07, 6.45) is -0.123. The van der Waals surface area contributed by atoms with Crippen LogP contribution in [0.25, 0.3) is 0 Å². The number of para-hydroxylation sites is 2. The zero-order chi connectivity index (χ0) is 20.4. The number of hydrogen-bond donors (Lipinski definition) is 2. The summed E-state index contributed by atoms with van der Waals surface area (Å²) in [5.41, 5.74) is 1.14. The van der Waals surface area contributed by atoms with Gasteiger partial charge in [0.2, 0.25) is 0 Å². The summed E-state index contributed by atoms with van der Waals surface area (Å²) in [6.45, 7) is 3.71. The van der Waals surface area contributed by atoms with E-state index in [1.165, 1.54) is 12.1 Å². The molecule has 2 unspecified atom stereocenters. The molecule has 148 valence electrons. The van der Waals surface area contributed by atoms with Crippen molar-refractivity contribution >= 4 is 6.16 Å². The monoisotopic (exact) mass is 386 g/mol. The molecule has 28 heavy (non-hydrogen) atoms. The van der Waals surface area contributed by atoms with Crippen LogP contribution in [0.15, 0.2) is 69.3 Å². The first-order chi connectivity index (χ1) is 13.6. The smallest absolute Gasteiger partial charge is 0.508 e. The lowest BCUT2D eigenvalue weighted by molar-refractivity contribution is 0.0439. The summed E-state index contributed by atoms with van der Waals surface area (Å²) in [7, 11) is 0. The third kappa shape index (κ3) is 5.76. The highest BCUT2D eigenvalue weighted by Gasteiger charge is 2.14. The van der Waals surface area contributed by atoms with Gasteiger partial charge in [0.05, 0.1) is 0 Å². The lowest BCUT2D eigenvalue weighted by atomic mass is 10.0. The number of rotatable bonds is 8. The minimum atomic E-state index is -1.20. The van der Waals surface area contributed by atoms with Gasteiger partial charge in [-0.25, -0.2) is 0 Å². The molecule has 2 rings (SSSR count). The summed E-state index contributed by atoms with van der Waals surface area (Å²) in [6, 6.07) is 12.5. The average molecular weight is 386 g/mol. The van der Waals surface area contributed by atoms with Crippen LogP contribution in [-0.2, 0) is 9.68 Å². The molecule has 2 aromatic carbocycles. The van der Waals surface area contributed by atoms with Crippen molar-refractivity contribution in [3.8, 4) is 11.5 Å². The average Bonchev–Trinajstić information content (AvgIpc) is 2.70. The number of carbonyl (C=O) groups is 1. The van der Waals surface area contributed by atoms with Gasteiger partial charge in [0.25, 0.3) is 0 Å². The van der Waals surface area contributed by atoms with Gasteiger partial charge < -0.3 is 10.2 Å². The van der Waals surface area contributed by atoms with Crippen molar-refractivity contribution in [2.24, 2.45) is 20.8 Å². The second-order valence-electron chi connectivity index (χ2n) is 5.79. The fourth-order valence-electron chi connectivity index (χ4n) is 2.51. The number of phenols is 2. The van der Waals surface area contributed by atoms with Crippen LogP contribution in [-0.4, -0.2) is 16.4 Å². The first kappa shape index (κ1) is 20.8. The Hall–Kier alpha value is -3.49. The molecule has 0 spiro atoms. The zero-order valence-corrected chi connectivity index (χ0v) is 15.6. The molecule has 0 saturated carbocycles. The number of nitrogens with zero attached hydrogens (tertiary/aromatic N) is 4. The fourth-order valence-corrected chi connectivity index (χ4v) is 2.51. The zero-order valence-electron chi connectivity index (χ0n) is 15.6. The second-order valence-corrected chi connectivity index (χ2v) is 5.79. The molecule has 0 bridgehead atoms. The normalized spacial score (nSPS) is 13.5. The molecule has 0 aliphatic rings. The molecule has 0 radical (unpaired) electrons. The molecule has 0 aliphatic carbocycles. The third-order valence-corrected chi connectivity index (χ3v) is 3.97. The first-order valence-electron chi connectivity index (χ1n) is 8.80. The number of carbonyl (C=O) groups excluding carboxylic acids is 1. The minimum absolute atomic E-state index is 0.0828. The van der Waals surface area contributed by atoms with Crippen molar-refractivity contribution in [3.05, 3.63) is 59.7 Å². The van der Waals surface area contributed by atoms with Gasteiger partial charge in [-0.1, -0.05) is 50.2 Å². The molecule has 0 heterocycles. The van der Waals surface area contributed by atoms with E-state index in [0.29, 0.717) is 24.0 Å². The Balaban J connectivity index is 1.89. The molecule has 0 saturated heterocycles. The van der Waals surface area contributed by atoms with E-state index in [2.05, 4.69) is 30.5 Å². The predicted molar refractivity (Wildman–Crippen MR) is 99.6 cm³/mol. The molecule has 2 atom stereocenters. The van der Waals surface area contributed by atoms with Crippen LogP contribution in [0.4, 0.5) is 4.79 Å². The minimum Gasteiger partial charge on any atom is -0.508 e. The lowest BCUT2D eigenvalue weighted by Gasteiger charge is -2.10. The van der Waals surface area contributed by atoms with E-state index in [-0.39, 0.29) is 11.5 Å². The van der Waals surface area contributed by atoms with Crippen LogP contribution in [0, 0.1) is 0 Å². The largest absolute Gasteiger partial charge is 0.565 e. The SMILES string of the molecule is CCC(N=NOC(=O)ON=NC(CC)c1ccccc1O)c1ccccc1O. The predicted octanol–water partition coefficient (Wildman–Crippen LogP) is 5.59. The van der Waals surface area contributed by atoms with Gasteiger partial charge in [0.1, 0.15) is 23.6 Å². The molecule has 2 N–H and O–H groups in total. The van der Waals surface area contributed by atoms with Crippen LogP contribution < -0.4 is 0 Å². The van der Waals surface area contributed by atoms with E-state index in [4.69, 9.17) is 0 Å². The molecule has 0 fully saturated rings. The quantitative estimate of drug-likeness (QED) is 0.452. The summed E-state index contributed by atoms with van der Waals surface area (Å²) >= 11 is 0. The van der Waals surface area contributed by atoms with E-state index < -0.39 is 18.2 Å². The molecule has 9 nitrogen and oxygen atoms in total. The Kier molecular flexibility index (Phi) is 7.89. The highest BCUT2D eigenvalue weighted by molar-refractivity contribution is 5.59. The van der Waals surface area contributed by atoms with Crippen LogP contribution in [0.3, 0.4) is 0 Å². The van der Waals surface area contributed by atoms with Crippen molar-refractivity contribution < 1.29 is 24.7 Å². The van der Waals surface area contributed by atoms with E-state index in [1.807, 2.05) is 13.8 Å². The van der Waals surface area contributed by atoms with Crippen LogP contribution in [0.2, 0.25) is 0 Å². The Bertz CT molecular complexity index is 773. The summed E-state index contributed by atoms with van der Waals surface area (Å²) in [5.74, 6) is 0.166. The Morgan fingerprint density at radius 3 is 1.57 bits per heavy atom. The van der Waals surface area contributed by atoms with Gasteiger partial charge in [0, 0.05) is 21.7 Å². The van der Waals surface area contributed by atoms with Crippen molar-refractivity contribution in [3.63, 3.8) is 0 Å². The van der Waals surface area contributed by atoms with Crippen LogP contribution in [0.5, 0.6) is 11.5 Å². The Morgan fingerprint density at radius 1 is 0.821 bits per heavy atom. The van der Waals surface area contributed by atoms with Gasteiger partial charge >= 0.3 is 6.16 Å². The molecular weight excluding hydrogens is 364 g/mol. The number of aromatic hydroxyl groups is 2. The third-order valence-electron chi connectivity index (χ3n) is 3.97. The lowest BCUT2D eigenvalue weighted by Crippen LogP contribution is -2.00. The van der Waals surface area contributed by atoms with Crippen molar-refractivity contribution in [1.82, 2.24) is 0 Å². The van der Waals surface area contributed by atoms with Crippen molar-refractivity contribution in [2.75, 3.05) is 0 Å². The Labute approximate surface area is 162 Å². The maximum Gasteiger partial charge on any atom is 0.565 e. The van der Waals surface area contributed by atoms with Gasteiger partial charge in [-0.2, -0.15) is 4.79 Å². The summed E-state index contributed by atoms with van der Waals surface area (Å²) in [4.78, 5) is 20.5. The topological polar surface area (TPSA) is 125 Å². The van der Waals surface area contributed by atoms with Gasteiger partial charge in [-0.15, -0.1) is 10.2 Å². The Morgan fingerprint density at radius 2 is 1.21 bits per heavy atom. The summed E-state index contributed by atoms with van der Waals surface area (Å²) in [5, 5.41) is 34.1. The van der Waals surface area contributed by atoms with Crippen molar-refractivity contribution in [1.29, 1.82) is 0 Å². The van der Waals surface area contributed by atoms with Crippen LogP contribution in [0.1, 0.15) is 49.9 Å². The van der Waals surface area contributed by atoms with Gasteiger partial charge in [0.15, 0.2) is 0 Å². The van der Waals surface area contributed by atoms with E-state index in [1.54, 1.807) is 36.4 Å². The second kappa shape index (κ2) is 10.6. The first-order valence-corrected chi connectivity index (χ1v) is 8.80. The van der Waals surface area contributed by atoms with E-state index in [0.717, 1.165) is 0 Å². The maximum absolute atomic E-state index is 11.5. The highest BCUT2D eigenvalue weighted by atomic mass is 16.9. The molecule has 0 aliphatic heterocycles. The van der Waals surface area contributed by atoms with Gasteiger partial charge in [-0.05, 0) is 25.0 Å². The van der Waals surface area contributed by atoms with Crippen LogP contribution >= 0.6 is 0 Å². The number of hydrogen-bond acceptors (Lipinski definition) is 9. The summed E-state index contributed by atoms with van der Waals surface area (Å²) < 4.78 is 0. The number of phenolic OH excluding ortho intramolecular Hbond substituents is 2. The highest BCUT2D eigenvalue weighted by Crippen LogP contribution is 2.30. The maximum atomic E-state index is 11.5.